The van der Waals surface area contributed by atoms with Gasteiger partial charge in [-0.2, -0.15) is 0 Å². The topological polar surface area (TPSA) is 58.6 Å². The number of rotatable bonds is 8. The highest BCUT2D eigenvalue weighted by atomic mass is 16.5. The van der Waals surface area contributed by atoms with E-state index < -0.39 is 0 Å². The molecule has 0 fully saturated rings. The fourth-order valence-corrected chi connectivity index (χ4v) is 3.21. The summed E-state index contributed by atoms with van der Waals surface area (Å²) < 4.78 is 5.49. The van der Waals surface area contributed by atoms with E-state index in [-0.39, 0.29) is 11.8 Å². The molecule has 3 aromatic carbocycles. The van der Waals surface area contributed by atoms with Crippen molar-refractivity contribution >= 4 is 17.5 Å². The molecule has 0 aliphatic carbocycles. The minimum absolute atomic E-state index is 0.204. The van der Waals surface area contributed by atoms with Gasteiger partial charge in [0, 0.05) is 19.2 Å². The molecule has 3 aromatic rings. The molecule has 30 heavy (non-hydrogen) atoms. The van der Waals surface area contributed by atoms with Crippen molar-refractivity contribution in [1.29, 1.82) is 0 Å². The van der Waals surface area contributed by atoms with E-state index >= 15 is 0 Å². The Balaban J connectivity index is 1.72. The molecule has 0 spiro atoms. The summed E-state index contributed by atoms with van der Waals surface area (Å²) in [5.41, 5.74) is 2.68. The molecule has 0 unspecified atom stereocenters. The molecule has 0 aromatic heterocycles. The minimum Gasteiger partial charge on any atom is -0.494 e. The van der Waals surface area contributed by atoms with Crippen LogP contribution in [-0.4, -0.2) is 32.0 Å². The van der Waals surface area contributed by atoms with Crippen molar-refractivity contribution in [3.8, 4) is 5.75 Å². The molecule has 1 N–H and O–H groups in total. The van der Waals surface area contributed by atoms with Crippen LogP contribution in [0.5, 0.6) is 5.75 Å². The Morgan fingerprint density at radius 2 is 1.67 bits per heavy atom. The van der Waals surface area contributed by atoms with E-state index in [1.807, 2.05) is 49.4 Å². The van der Waals surface area contributed by atoms with Crippen LogP contribution in [0.2, 0.25) is 0 Å². The first kappa shape index (κ1) is 21.1. The van der Waals surface area contributed by atoms with Gasteiger partial charge >= 0.3 is 0 Å². The van der Waals surface area contributed by atoms with Gasteiger partial charge in [0.2, 0.25) is 0 Å². The summed E-state index contributed by atoms with van der Waals surface area (Å²) >= 11 is 0. The van der Waals surface area contributed by atoms with Crippen LogP contribution in [0.3, 0.4) is 0 Å². The number of nitrogens with one attached hydrogen (secondary N) is 1. The summed E-state index contributed by atoms with van der Waals surface area (Å²) in [5.74, 6) is 0.231. The first-order valence-corrected chi connectivity index (χ1v) is 10.0. The Hall–Kier alpha value is -3.60. The number of hydrogen-bond donors (Lipinski definition) is 1. The summed E-state index contributed by atoms with van der Waals surface area (Å²) in [6.45, 7) is 2.94. The molecule has 5 heteroatoms. The van der Waals surface area contributed by atoms with Crippen LogP contribution in [0.4, 0.5) is 5.69 Å². The Labute approximate surface area is 177 Å². The summed E-state index contributed by atoms with van der Waals surface area (Å²) in [6, 6.07) is 24.2. The minimum atomic E-state index is -0.207. The van der Waals surface area contributed by atoms with Gasteiger partial charge < -0.3 is 15.0 Å². The van der Waals surface area contributed by atoms with E-state index in [1.54, 1.807) is 43.4 Å². The van der Waals surface area contributed by atoms with Crippen LogP contribution in [-0.2, 0) is 6.42 Å². The number of ether oxygens (including phenoxy) is 1. The zero-order chi connectivity index (χ0) is 21.3. The lowest BCUT2D eigenvalue weighted by Crippen LogP contribution is -2.31. The average Bonchev–Trinajstić information content (AvgIpc) is 2.79. The number of anilines is 1. The van der Waals surface area contributed by atoms with Crippen LogP contribution in [0.1, 0.15) is 33.2 Å². The van der Waals surface area contributed by atoms with Crippen LogP contribution in [0.15, 0.2) is 78.9 Å². The SMILES string of the molecule is CCOc1cccc(C(=O)N(C)c2ccccc2C(=O)NCCc2ccccc2)c1. The van der Waals surface area contributed by atoms with Crippen molar-refractivity contribution in [2.24, 2.45) is 0 Å². The van der Waals surface area contributed by atoms with Crippen molar-refractivity contribution in [2.45, 2.75) is 13.3 Å². The fourth-order valence-electron chi connectivity index (χ4n) is 3.21. The third-order valence-electron chi connectivity index (χ3n) is 4.75. The highest BCUT2D eigenvalue weighted by molar-refractivity contribution is 6.10. The molecule has 0 atom stereocenters. The van der Waals surface area contributed by atoms with E-state index in [0.717, 1.165) is 12.0 Å². The Bertz CT molecular complexity index is 1000. The summed E-state index contributed by atoms with van der Waals surface area (Å²) in [5, 5.41) is 2.95. The highest BCUT2D eigenvalue weighted by Gasteiger charge is 2.19. The zero-order valence-corrected chi connectivity index (χ0v) is 17.3. The maximum Gasteiger partial charge on any atom is 0.258 e. The monoisotopic (exact) mass is 402 g/mol. The second-order valence-electron chi connectivity index (χ2n) is 6.83. The van der Waals surface area contributed by atoms with Gasteiger partial charge in [-0.15, -0.1) is 0 Å². The summed E-state index contributed by atoms with van der Waals surface area (Å²) in [4.78, 5) is 27.3. The predicted molar refractivity (Wildman–Crippen MR) is 119 cm³/mol. The van der Waals surface area contributed by atoms with Gasteiger partial charge in [0.05, 0.1) is 17.9 Å². The molecule has 0 bridgehead atoms. The number of nitrogens with zero attached hydrogens (tertiary/aromatic N) is 1. The molecule has 154 valence electrons. The van der Waals surface area contributed by atoms with Crippen LogP contribution in [0, 0.1) is 0 Å². The van der Waals surface area contributed by atoms with Gasteiger partial charge in [0.1, 0.15) is 5.75 Å². The highest BCUT2D eigenvalue weighted by Crippen LogP contribution is 2.22. The van der Waals surface area contributed by atoms with Crippen LogP contribution in [0.25, 0.3) is 0 Å². The maximum absolute atomic E-state index is 13.0. The van der Waals surface area contributed by atoms with E-state index in [1.165, 1.54) is 4.90 Å². The van der Waals surface area contributed by atoms with Crippen molar-refractivity contribution in [2.75, 3.05) is 25.1 Å². The van der Waals surface area contributed by atoms with Gasteiger partial charge in [0.25, 0.3) is 11.8 Å². The Morgan fingerprint density at radius 3 is 2.43 bits per heavy atom. The number of carbonyl (C=O) groups is 2. The predicted octanol–water partition coefficient (Wildman–Crippen LogP) is 4.33. The van der Waals surface area contributed by atoms with Gasteiger partial charge in [0.15, 0.2) is 0 Å². The second kappa shape index (κ2) is 10.3. The summed E-state index contributed by atoms with van der Waals surface area (Å²) in [6.07, 6.45) is 0.744. The molecule has 2 amide bonds. The van der Waals surface area contributed by atoms with Gasteiger partial charge in [-0.25, -0.2) is 0 Å². The lowest BCUT2D eigenvalue weighted by molar-refractivity contribution is 0.0954. The van der Waals surface area contributed by atoms with Crippen molar-refractivity contribution in [1.82, 2.24) is 5.32 Å². The molecule has 0 aliphatic rings. The normalized spacial score (nSPS) is 10.3. The molecular formula is C25H26N2O3. The van der Waals surface area contributed by atoms with E-state index in [9.17, 15) is 9.59 Å². The van der Waals surface area contributed by atoms with Crippen LogP contribution >= 0.6 is 0 Å². The smallest absolute Gasteiger partial charge is 0.258 e. The van der Waals surface area contributed by atoms with E-state index in [2.05, 4.69) is 5.32 Å². The molecule has 0 heterocycles. The lowest BCUT2D eigenvalue weighted by atomic mass is 10.1. The number of carbonyl (C=O) groups excluding carboxylic acids is 2. The third-order valence-corrected chi connectivity index (χ3v) is 4.75. The molecule has 0 aliphatic heterocycles. The Kier molecular flexibility index (Phi) is 7.22. The molecule has 5 nitrogen and oxygen atoms in total. The fraction of sp³-hybridized carbons (Fsp3) is 0.200. The summed E-state index contributed by atoms with van der Waals surface area (Å²) in [7, 11) is 1.67. The molecular weight excluding hydrogens is 376 g/mol. The van der Waals surface area contributed by atoms with Crippen LogP contribution < -0.4 is 15.0 Å². The van der Waals surface area contributed by atoms with Crippen molar-refractivity contribution in [3.63, 3.8) is 0 Å². The van der Waals surface area contributed by atoms with E-state index in [0.29, 0.717) is 35.7 Å². The Morgan fingerprint density at radius 1 is 0.933 bits per heavy atom. The molecule has 0 radical (unpaired) electrons. The number of hydrogen-bond acceptors (Lipinski definition) is 3. The third kappa shape index (κ3) is 5.26. The largest absolute Gasteiger partial charge is 0.494 e. The van der Waals surface area contributed by atoms with Gasteiger partial charge in [-0.3, -0.25) is 9.59 Å². The maximum atomic E-state index is 13.0. The average molecular weight is 402 g/mol. The van der Waals surface area contributed by atoms with Gasteiger partial charge in [-0.1, -0.05) is 48.5 Å². The van der Waals surface area contributed by atoms with E-state index in [4.69, 9.17) is 4.74 Å². The molecule has 0 saturated carbocycles. The first-order chi connectivity index (χ1) is 14.6. The number of amides is 2. The standard InChI is InChI=1S/C25H26N2O3/c1-3-30-21-13-9-12-20(18-21)25(29)27(2)23-15-8-7-14-22(23)24(28)26-17-16-19-10-5-4-6-11-19/h4-15,18H,3,16-17H2,1-2H3,(H,26,28). The lowest BCUT2D eigenvalue weighted by Gasteiger charge is -2.21. The zero-order valence-electron chi connectivity index (χ0n) is 17.3. The molecule has 0 saturated heterocycles. The second-order valence-corrected chi connectivity index (χ2v) is 6.83. The molecule has 3 rings (SSSR count). The first-order valence-electron chi connectivity index (χ1n) is 10.0. The van der Waals surface area contributed by atoms with Crippen molar-refractivity contribution < 1.29 is 14.3 Å². The number of benzene rings is 3. The number of para-hydroxylation sites is 1. The quantitative estimate of drug-likeness (QED) is 0.610. The van der Waals surface area contributed by atoms with Gasteiger partial charge in [-0.05, 0) is 49.2 Å². The van der Waals surface area contributed by atoms with Crippen molar-refractivity contribution in [3.05, 3.63) is 95.6 Å².